The number of carbonyl (C=O) groups is 2. The molecule has 0 fully saturated rings. The smallest absolute Gasteiger partial charge is 0.307 e. The minimum absolute atomic E-state index is 0.207. The third-order valence-electron chi connectivity index (χ3n) is 4.49. The number of aryl methyl sites for hydroxylation is 1. The van der Waals surface area contributed by atoms with Crippen LogP contribution in [0.5, 0.6) is 0 Å². The summed E-state index contributed by atoms with van der Waals surface area (Å²) in [4.78, 5) is 33.2. The largest absolute Gasteiger partial charge is 0.481 e. The SMILES string of the molecule is Cc1ccccc1NC(c1ccccc1)P(=O)(O)CC(CCC(=O)O)C(=O)O. The maximum Gasteiger partial charge on any atom is 0.307 e. The number of anilines is 1. The summed E-state index contributed by atoms with van der Waals surface area (Å²) in [5.41, 5.74) is 2.10. The third-order valence-corrected chi connectivity index (χ3v) is 6.69. The van der Waals surface area contributed by atoms with Crippen LogP contribution in [0.25, 0.3) is 0 Å². The van der Waals surface area contributed by atoms with Gasteiger partial charge in [-0.2, -0.15) is 0 Å². The lowest BCUT2D eigenvalue weighted by Gasteiger charge is -2.28. The number of carboxylic acids is 2. The Hall–Kier alpha value is -2.63. The Morgan fingerprint density at radius 3 is 2.21 bits per heavy atom. The minimum atomic E-state index is -4.06. The van der Waals surface area contributed by atoms with Gasteiger partial charge in [0.1, 0.15) is 5.78 Å². The zero-order valence-corrected chi connectivity index (χ0v) is 16.4. The fourth-order valence-electron chi connectivity index (χ4n) is 2.95. The fourth-order valence-corrected chi connectivity index (χ4v) is 5.11. The Bertz CT molecular complexity index is 870. The quantitative estimate of drug-likeness (QED) is 0.441. The highest BCUT2D eigenvalue weighted by Gasteiger charge is 2.37. The molecule has 0 aliphatic carbocycles. The van der Waals surface area contributed by atoms with Crippen LogP contribution in [-0.2, 0) is 14.2 Å². The molecule has 3 atom stereocenters. The van der Waals surface area contributed by atoms with Crippen molar-refractivity contribution in [2.24, 2.45) is 5.92 Å². The fraction of sp³-hybridized carbons (Fsp3) is 0.300. The van der Waals surface area contributed by atoms with Crippen LogP contribution in [0.2, 0.25) is 0 Å². The highest BCUT2D eigenvalue weighted by Crippen LogP contribution is 2.57. The van der Waals surface area contributed by atoms with Crippen molar-refractivity contribution in [2.75, 3.05) is 11.5 Å². The monoisotopic (exact) mass is 405 g/mol. The number of rotatable bonds is 10. The van der Waals surface area contributed by atoms with Gasteiger partial charge in [-0.1, -0.05) is 48.5 Å². The molecule has 7 nitrogen and oxygen atoms in total. The second kappa shape index (κ2) is 9.53. The molecule has 0 amide bonds. The van der Waals surface area contributed by atoms with Crippen LogP contribution in [0.15, 0.2) is 54.6 Å². The molecule has 8 heteroatoms. The van der Waals surface area contributed by atoms with E-state index in [-0.39, 0.29) is 12.8 Å². The number of hydrogen-bond acceptors (Lipinski definition) is 4. The van der Waals surface area contributed by atoms with Gasteiger partial charge in [0.05, 0.1) is 5.92 Å². The van der Waals surface area contributed by atoms with Gasteiger partial charge in [0, 0.05) is 18.3 Å². The molecule has 0 bridgehead atoms. The Morgan fingerprint density at radius 1 is 1.04 bits per heavy atom. The molecule has 28 heavy (non-hydrogen) atoms. The van der Waals surface area contributed by atoms with Gasteiger partial charge in [0.25, 0.3) is 0 Å². The van der Waals surface area contributed by atoms with Gasteiger partial charge in [-0.25, -0.2) is 0 Å². The van der Waals surface area contributed by atoms with E-state index in [4.69, 9.17) is 5.11 Å². The number of aliphatic carboxylic acids is 2. The molecule has 0 heterocycles. The average molecular weight is 405 g/mol. The predicted molar refractivity (Wildman–Crippen MR) is 107 cm³/mol. The molecule has 0 spiro atoms. The van der Waals surface area contributed by atoms with Gasteiger partial charge in [0.2, 0.25) is 7.37 Å². The normalized spacial score (nSPS) is 15.2. The number of carboxylic acid groups (broad SMARTS) is 2. The second-order valence-electron chi connectivity index (χ2n) is 6.68. The zero-order valence-electron chi connectivity index (χ0n) is 15.5. The summed E-state index contributed by atoms with van der Waals surface area (Å²) in [5.74, 6) is -4.66. The first-order valence-corrected chi connectivity index (χ1v) is 10.8. The molecule has 0 saturated carbocycles. The second-order valence-corrected chi connectivity index (χ2v) is 9.07. The summed E-state index contributed by atoms with van der Waals surface area (Å²) >= 11 is 0. The average Bonchev–Trinajstić information content (AvgIpc) is 2.64. The van der Waals surface area contributed by atoms with Crippen molar-refractivity contribution < 1.29 is 29.3 Å². The van der Waals surface area contributed by atoms with Crippen molar-refractivity contribution in [2.45, 2.75) is 25.5 Å². The van der Waals surface area contributed by atoms with Gasteiger partial charge in [-0.3, -0.25) is 14.2 Å². The van der Waals surface area contributed by atoms with Crippen LogP contribution in [-0.4, -0.2) is 33.2 Å². The first kappa shape index (κ1) is 21.7. The molecule has 0 aliphatic heterocycles. The van der Waals surface area contributed by atoms with Crippen molar-refractivity contribution in [3.05, 3.63) is 65.7 Å². The standard InChI is InChI=1S/C20H24NO6P/c1-14-7-5-6-10-17(14)21-19(15-8-3-2-4-9-15)28(26,27)13-16(20(24)25)11-12-18(22)23/h2-10,16,19,21H,11-13H2,1H3,(H,22,23)(H,24,25)(H,26,27). The van der Waals surface area contributed by atoms with E-state index in [1.54, 1.807) is 42.5 Å². The highest BCUT2D eigenvalue weighted by molar-refractivity contribution is 7.58. The van der Waals surface area contributed by atoms with Crippen LogP contribution in [0, 0.1) is 12.8 Å². The van der Waals surface area contributed by atoms with Gasteiger partial charge < -0.3 is 20.4 Å². The number of hydrogen-bond donors (Lipinski definition) is 4. The Balaban J connectivity index is 2.34. The van der Waals surface area contributed by atoms with E-state index in [0.717, 1.165) is 5.56 Å². The van der Waals surface area contributed by atoms with E-state index in [1.807, 2.05) is 19.1 Å². The molecule has 2 aromatic rings. The molecular formula is C20H24NO6P. The van der Waals surface area contributed by atoms with Crippen molar-refractivity contribution in [3.8, 4) is 0 Å². The highest BCUT2D eigenvalue weighted by atomic mass is 31.2. The van der Waals surface area contributed by atoms with Crippen LogP contribution in [0.1, 0.15) is 29.8 Å². The Labute approximate surface area is 163 Å². The number of benzene rings is 2. The third kappa shape index (κ3) is 5.94. The van der Waals surface area contributed by atoms with E-state index in [0.29, 0.717) is 11.3 Å². The van der Waals surface area contributed by atoms with Crippen LogP contribution < -0.4 is 5.32 Å². The molecule has 4 N–H and O–H groups in total. The maximum absolute atomic E-state index is 13.3. The van der Waals surface area contributed by atoms with Crippen LogP contribution >= 0.6 is 7.37 Å². The van der Waals surface area contributed by atoms with Crippen LogP contribution in [0.4, 0.5) is 5.69 Å². The summed E-state index contributed by atoms with van der Waals surface area (Å²) in [5, 5.41) is 21.3. The lowest BCUT2D eigenvalue weighted by molar-refractivity contribution is -0.142. The first-order valence-electron chi connectivity index (χ1n) is 8.84. The van der Waals surface area contributed by atoms with E-state index in [2.05, 4.69) is 5.32 Å². The summed E-state index contributed by atoms with van der Waals surface area (Å²) in [6.07, 6.45) is -1.10. The zero-order chi connectivity index (χ0) is 20.7. The van der Waals surface area contributed by atoms with E-state index in [9.17, 15) is 24.2 Å². The number of para-hydroxylation sites is 1. The topological polar surface area (TPSA) is 124 Å². The van der Waals surface area contributed by atoms with Crippen molar-refractivity contribution in [1.82, 2.24) is 0 Å². The van der Waals surface area contributed by atoms with Gasteiger partial charge in [-0.05, 0) is 30.5 Å². The summed E-state index contributed by atoms with van der Waals surface area (Å²) < 4.78 is 13.3. The molecule has 0 radical (unpaired) electrons. The lowest BCUT2D eigenvalue weighted by atomic mass is 10.1. The molecular weight excluding hydrogens is 381 g/mol. The minimum Gasteiger partial charge on any atom is -0.481 e. The molecule has 3 unspecified atom stereocenters. The molecule has 2 aromatic carbocycles. The van der Waals surface area contributed by atoms with Gasteiger partial charge in [-0.15, -0.1) is 0 Å². The van der Waals surface area contributed by atoms with Crippen LogP contribution in [0.3, 0.4) is 0 Å². The Kier molecular flexibility index (Phi) is 7.38. The van der Waals surface area contributed by atoms with E-state index >= 15 is 0 Å². The maximum atomic E-state index is 13.3. The Morgan fingerprint density at radius 2 is 1.64 bits per heavy atom. The van der Waals surface area contributed by atoms with Gasteiger partial charge in [0.15, 0.2) is 0 Å². The van der Waals surface area contributed by atoms with Gasteiger partial charge >= 0.3 is 11.9 Å². The lowest BCUT2D eigenvalue weighted by Crippen LogP contribution is -2.23. The van der Waals surface area contributed by atoms with E-state index in [1.165, 1.54) is 0 Å². The molecule has 0 aliphatic rings. The summed E-state index contributed by atoms with van der Waals surface area (Å²) in [6, 6.07) is 15.9. The van der Waals surface area contributed by atoms with Crippen molar-refractivity contribution >= 4 is 25.0 Å². The molecule has 0 aromatic heterocycles. The molecule has 150 valence electrons. The van der Waals surface area contributed by atoms with E-state index < -0.39 is 37.2 Å². The predicted octanol–water partition coefficient (Wildman–Crippen LogP) is 3.94. The number of nitrogens with one attached hydrogen (secondary N) is 1. The summed E-state index contributed by atoms with van der Waals surface area (Å²) in [7, 11) is -4.06. The van der Waals surface area contributed by atoms with Crippen molar-refractivity contribution in [1.29, 1.82) is 0 Å². The molecule has 2 rings (SSSR count). The summed E-state index contributed by atoms with van der Waals surface area (Å²) in [6.45, 7) is 1.86. The van der Waals surface area contributed by atoms with Crippen molar-refractivity contribution in [3.63, 3.8) is 0 Å². The first-order chi connectivity index (χ1) is 13.2. The molecule has 0 saturated heterocycles.